The smallest absolute Gasteiger partial charge is 0.136 e. The van der Waals surface area contributed by atoms with Crippen LogP contribution in [0.15, 0.2) is 0 Å². The molecule has 1 heterocycles. The summed E-state index contributed by atoms with van der Waals surface area (Å²) in [6.07, 6.45) is 8.14. The Bertz CT molecular complexity index is 104. The first-order valence-corrected chi connectivity index (χ1v) is 4.97. The van der Waals surface area contributed by atoms with Gasteiger partial charge in [-0.25, -0.2) is 0 Å². The highest BCUT2D eigenvalue weighted by molar-refractivity contribution is 7.78. The highest BCUT2D eigenvalue weighted by Crippen LogP contribution is 2.09. The molecule has 1 radical (unpaired) electrons. The zero-order chi connectivity index (χ0) is 7.94. The summed E-state index contributed by atoms with van der Waals surface area (Å²) in [5, 5.41) is 0. The molecule has 0 aromatic rings. The first kappa shape index (κ1) is 8.98. The molecule has 0 spiro atoms. The minimum Gasteiger partial charge on any atom is -0.360 e. The Hall–Kier alpha value is -0.110. The lowest BCUT2D eigenvalue weighted by molar-refractivity contribution is 0.422. The van der Waals surface area contributed by atoms with E-state index in [-0.39, 0.29) is 0 Å². The van der Waals surface area contributed by atoms with Crippen LogP contribution >= 0.6 is 12.2 Å². The fourth-order valence-corrected chi connectivity index (χ4v) is 1.70. The summed E-state index contributed by atoms with van der Waals surface area (Å²) in [4.78, 5) is 2.15. The highest BCUT2D eigenvalue weighted by Gasteiger charge is 2.02. The van der Waals surface area contributed by atoms with Crippen LogP contribution in [0.1, 0.15) is 38.5 Å². The molecule has 1 rings (SSSR count). The number of hydrogen-bond acceptors (Lipinski definition) is 1. The molecule has 2 heteroatoms. The van der Waals surface area contributed by atoms with Crippen LogP contribution in [0.2, 0.25) is 0 Å². The van der Waals surface area contributed by atoms with E-state index in [0.29, 0.717) is 0 Å². The summed E-state index contributed by atoms with van der Waals surface area (Å²) < 4.78 is 0. The van der Waals surface area contributed by atoms with Gasteiger partial charge in [0.2, 0.25) is 0 Å². The summed E-state index contributed by atoms with van der Waals surface area (Å²) in [6.45, 7) is 2.26. The lowest BCUT2D eigenvalue weighted by Crippen LogP contribution is -2.22. The zero-order valence-electron chi connectivity index (χ0n) is 7.01. The van der Waals surface area contributed by atoms with Gasteiger partial charge < -0.3 is 4.90 Å². The third-order valence-electron chi connectivity index (χ3n) is 2.24. The van der Waals surface area contributed by atoms with E-state index < -0.39 is 0 Å². The van der Waals surface area contributed by atoms with Gasteiger partial charge in [-0.2, -0.15) is 0 Å². The van der Waals surface area contributed by atoms with Crippen molar-refractivity contribution in [3.05, 3.63) is 0 Å². The molecule has 0 atom stereocenters. The van der Waals surface area contributed by atoms with Crippen molar-refractivity contribution in [3.63, 3.8) is 0 Å². The predicted molar refractivity (Wildman–Crippen MR) is 51.9 cm³/mol. The van der Waals surface area contributed by atoms with E-state index in [4.69, 9.17) is 12.2 Å². The molecule has 1 aliphatic rings. The second kappa shape index (κ2) is 5.53. The lowest BCUT2D eigenvalue weighted by Gasteiger charge is -2.15. The van der Waals surface area contributed by atoms with Crippen LogP contribution < -0.4 is 0 Å². The third-order valence-corrected chi connectivity index (χ3v) is 2.49. The van der Waals surface area contributed by atoms with Crippen molar-refractivity contribution in [1.82, 2.24) is 4.90 Å². The monoisotopic (exact) mass is 170 g/mol. The van der Waals surface area contributed by atoms with Crippen LogP contribution in [0.4, 0.5) is 0 Å². The molecule has 0 amide bonds. The number of thiocarbonyl (C=S) groups is 1. The van der Waals surface area contributed by atoms with Gasteiger partial charge in [-0.3, -0.25) is 0 Å². The molecule has 11 heavy (non-hydrogen) atoms. The number of rotatable bonds is 1. The normalized spacial score (nSPS) is 21.6. The Balaban J connectivity index is 2.24. The lowest BCUT2D eigenvalue weighted by atomic mass is 10.1. The molecular formula is C9H16NS. The molecule has 0 aromatic carbocycles. The molecule has 0 saturated carbocycles. The maximum atomic E-state index is 4.80. The van der Waals surface area contributed by atoms with E-state index in [9.17, 15) is 0 Å². The maximum absolute atomic E-state index is 4.80. The summed E-state index contributed by atoms with van der Waals surface area (Å²) in [5.41, 5.74) is 2.82. The Morgan fingerprint density at radius 1 is 0.818 bits per heavy atom. The predicted octanol–water partition coefficient (Wildman–Crippen LogP) is 2.48. The van der Waals surface area contributed by atoms with Crippen molar-refractivity contribution in [3.8, 4) is 0 Å². The van der Waals surface area contributed by atoms with E-state index in [1.165, 1.54) is 38.5 Å². The van der Waals surface area contributed by atoms with Crippen molar-refractivity contribution < 1.29 is 0 Å². The summed E-state index contributed by atoms with van der Waals surface area (Å²) in [7, 11) is 0. The molecule has 0 N–H and O–H groups in total. The van der Waals surface area contributed by atoms with Gasteiger partial charge in [-0.1, -0.05) is 37.9 Å². The van der Waals surface area contributed by atoms with Crippen LogP contribution in [0.3, 0.4) is 0 Å². The van der Waals surface area contributed by atoms with Crippen LogP contribution in [0.25, 0.3) is 0 Å². The average molecular weight is 170 g/mol. The van der Waals surface area contributed by atoms with Gasteiger partial charge in [0.25, 0.3) is 0 Å². The highest BCUT2D eigenvalue weighted by atomic mass is 32.1. The van der Waals surface area contributed by atoms with Crippen molar-refractivity contribution in [2.24, 2.45) is 0 Å². The van der Waals surface area contributed by atoms with E-state index in [0.717, 1.165) is 13.1 Å². The fraction of sp³-hybridized carbons (Fsp3) is 0.889. The van der Waals surface area contributed by atoms with Crippen LogP contribution in [0, 0.1) is 0 Å². The number of hydrogen-bond donors (Lipinski definition) is 0. The maximum Gasteiger partial charge on any atom is 0.136 e. The van der Waals surface area contributed by atoms with Crippen LogP contribution in [-0.4, -0.2) is 23.5 Å². The molecule has 1 fully saturated rings. The zero-order valence-corrected chi connectivity index (χ0v) is 7.83. The molecule has 0 bridgehead atoms. The summed E-state index contributed by atoms with van der Waals surface area (Å²) in [5.74, 6) is 0. The Kier molecular flexibility index (Phi) is 4.51. The van der Waals surface area contributed by atoms with Gasteiger partial charge in [0.15, 0.2) is 0 Å². The molecule has 0 unspecified atom stereocenters. The van der Waals surface area contributed by atoms with E-state index in [1.807, 2.05) is 0 Å². The minimum absolute atomic E-state index is 1.13. The average Bonchev–Trinajstić information content (AvgIpc) is 2.16. The second-order valence-corrected chi connectivity index (χ2v) is 3.38. The molecular weight excluding hydrogens is 154 g/mol. The van der Waals surface area contributed by atoms with Gasteiger partial charge >= 0.3 is 0 Å². The Morgan fingerprint density at radius 2 is 1.27 bits per heavy atom. The molecule has 0 aromatic heterocycles. The SMILES string of the molecule is S=[C]N1CCCCCCCC1. The Labute approximate surface area is 74.8 Å². The second-order valence-electron chi connectivity index (χ2n) is 3.20. The first-order chi connectivity index (χ1) is 5.43. The molecule has 1 nitrogen and oxygen atoms in total. The van der Waals surface area contributed by atoms with Gasteiger partial charge in [-0.15, -0.1) is 0 Å². The molecule has 1 aliphatic heterocycles. The van der Waals surface area contributed by atoms with Crippen molar-refractivity contribution in [2.75, 3.05) is 13.1 Å². The Morgan fingerprint density at radius 3 is 1.73 bits per heavy atom. The van der Waals surface area contributed by atoms with E-state index >= 15 is 0 Å². The molecule has 63 valence electrons. The summed E-state index contributed by atoms with van der Waals surface area (Å²) in [6, 6.07) is 0. The quantitative estimate of drug-likeness (QED) is 0.556. The largest absolute Gasteiger partial charge is 0.360 e. The van der Waals surface area contributed by atoms with E-state index in [2.05, 4.69) is 10.4 Å². The molecule has 0 aliphatic carbocycles. The van der Waals surface area contributed by atoms with Crippen molar-refractivity contribution in [2.45, 2.75) is 38.5 Å². The van der Waals surface area contributed by atoms with Gasteiger partial charge in [0, 0.05) is 13.1 Å². The molecule has 1 saturated heterocycles. The van der Waals surface area contributed by atoms with Gasteiger partial charge in [0.05, 0.1) is 0 Å². The summed E-state index contributed by atoms with van der Waals surface area (Å²) >= 11 is 4.80. The van der Waals surface area contributed by atoms with Crippen LogP contribution in [0.5, 0.6) is 0 Å². The fourth-order valence-electron chi connectivity index (χ4n) is 1.52. The van der Waals surface area contributed by atoms with Gasteiger partial charge in [0.1, 0.15) is 5.49 Å². The van der Waals surface area contributed by atoms with E-state index in [1.54, 1.807) is 0 Å². The standard InChI is InChI=1S/C9H16NS/c11-9-10-7-5-3-1-2-4-6-8-10/h1-8H2. The first-order valence-electron chi connectivity index (χ1n) is 4.56. The third kappa shape index (κ3) is 3.71. The minimum atomic E-state index is 1.13. The van der Waals surface area contributed by atoms with Crippen molar-refractivity contribution >= 4 is 17.7 Å². The van der Waals surface area contributed by atoms with Gasteiger partial charge in [-0.05, 0) is 12.8 Å². The van der Waals surface area contributed by atoms with Crippen LogP contribution in [-0.2, 0) is 0 Å². The topological polar surface area (TPSA) is 3.24 Å². The number of nitrogens with zero attached hydrogens (tertiary/aromatic N) is 1. The van der Waals surface area contributed by atoms with Crippen molar-refractivity contribution in [1.29, 1.82) is 0 Å².